The van der Waals surface area contributed by atoms with Gasteiger partial charge in [0.2, 0.25) is 0 Å². The summed E-state index contributed by atoms with van der Waals surface area (Å²) in [6.45, 7) is 4.84. The molecule has 1 aromatic carbocycles. The van der Waals surface area contributed by atoms with Gasteiger partial charge in [0.25, 0.3) is 0 Å². The number of pyridine rings is 1. The number of benzene rings is 1. The summed E-state index contributed by atoms with van der Waals surface area (Å²) in [7, 11) is 0. The van der Waals surface area contributed by atoms with Crippen LogP contribution in [0.4, 0.5) is 0 Å². The Morgan fingerprint density at radius 2 is 1.76 bits per heavy atom. The van der Waals surface area contributed by atoms with E-state index >= 15 is 0 Å². The van der Waals surface area contributed by atoms with E-state index in [1.54, 1.807) is 0 Å². The molecule has 1 fully saturated rings. The summed E-state index contributed by atoms with van der Waals surface area (Å²) in [6, 6.07) is 15.1. The van der Waals surface area contributed by atoms with Crippen LogP contribution < -0.4 is 0 Å². The van der Waals surface area contributed by atoms with E-state index < -0.39 is 0 Å². The van der Waals surface area contributed by atoms with Gasteiger partial charge in [0.05, 0.1) is 5.69 Å². The van der Waals surface area contributed by atoms with Gasteiger partial charge in [-0.1, -0.05) is 50.6 Å². The lowest BCUT2D eigenvalue weighted by Gasteiger charge is -2.50. The molecule has 0 amide bonds. The van der Waals surface area contributed by atoms with Gasteiger partial charge in [-0.15, -0.1) is 0 Å². The molecule has 2 aromatic rings. The second-order valence-electron chi connectivity index (χ2n) is 6.92. The fourth-order valence-electron chi connectivity index (χ4n) is 4.37. The predicted octanol–water partition coefficient (Wildman–Crippen LogP) is 5.08. The van der Waals surface area contributed by atoms with Gasteiger partial charge in [-0.2, -0.15) is 0 Å². The Bertz CT molecular complexity index is 706. The molecule has 0 unspecified atom stereocenters. The monoisotopic (exact) mass is 275 g/mol. The van der Waals surface area contributed by atoms with Gasteiger partial charge in [0.15, 0.2) is 0 Å². The van der Waals surface area contributed by atoms with E-state index in [4.69, 9.17) is 0 Å². The first-order valence-electron chi connectivity index (χ1n) is 7.88. The zero-order valence-electron chi connectivity index (χ0n) is 12.8. The van der Waals surface area contributed by atoms with Crippen LogP contribution in [0, 0.1) is 5.41 Å². The largest absolute Gasteiger partial charge is 0.257 e. The first-order valence-corrected chi connectivity index (χ1v) is 7.88. The number of hydrogen-bond donors (Lipinski definition) is 0. The second kappa shape index (κ2) is 4.30. The van der Waals surface area contributed by atoms with Gasteiger partial charge < -0.3 is 0 Å². The van der Waals surface area contributed by atoms with Crippen molar-refractivity contribution in [3.63, 3.8) is 0 Å². The van der Waals surface area contributed by atoms with Gasteiger partial charge >= 0.3 is 0 Å². The number of hydrogen-bond acceptors (Lipinski definition) is 1. The molecule has 2 aliphatic carbocycles. The molecular formula is C20H21N. The van der Waals surface area contributed by atoms with Crippen molar-refractivity contribution in [2.45, 2.75) is 38.5 Å². The first-order chi connectivity index (χ1) is 10.2. The van der Waals surface area contributed by atoms with E-state index in [-0.39, 0.29) is 5.41 Å². The zero-order chi connectivity index (χ0) is 14.5. The fraction of sp³-hybridized carbons (Fsp3) is 0.350. The maximum absolute atomic E-state index is 4.51. The Kier molecular flexibility index (Phi) is 2.63. The van der Waals surface area contributed by atoms with Gasteiger partial charge in [-0.3, -0.25) is 4.98 Å². The molecule has 0 atom stereocenters. The van der Waals surface area contributed by atoms with Crippen LogP contribution in [0.25, 0.3) is 11.6 Å². The van der Waals surface area contributed by atoms with Crippen LogP contribution in [-0.2, 0) is 5.41 Å². The van der Waals surface area contributed by atoms with E-state index in [1.807, 2.05) is 12.3 Å². The molecule has 0 bridgehead atoms. The van der Waals surface area contributed by atoms with Crippen molar-refractivity contribution >= 4 is 11.6 Å². The third kappa shape index (κ3) is 1.61. The van der Waals surface area contributed by atoms with Crippen molar-refractivity contribution in [1.82, 2.24) is 4.98 Å². The fourth-order valence-corrected chi connectivity index (χ4v) is 4.37. The Hall–Kier alpha value is -1.89. The minimum atomic E-state index is 0.225. The molecule has 21 heavy (non-hydrogen) atoms. The molecule has 1 heteroatoms. The average molecular weight is 275 g/mol. The summed E-state index contributed by atoms with van der Waals surface area (Å²) in [5, 5.41) is 0. The summed E-state index contributed by atoms with van der Waals surface area (Å²) >= 11 is 0. The van der Waals surface area contributed by atoms with Crippen LogP contribution in [0.2, 0.25) is 0 Å². The molecule has 1 nitrogen and oxygen atoms in total. The SMILES string of the molecule is CC1(C)c2ccccc2/C(=C/c2ccccn2)C12CCC2. The molecule has 0 saturated heterocycles. The highest BCUT2D eigenvalue weighted by molar-refractivity contribution is 5.91. The average Bonchev–Trinajstić information content (AvgIpc) is 2.65. The number of aromatic nitrogens is 1. The van der Waals surface area contributed by atoms with E-state index in [9.17, 15) is 0 Å². The van der Waals surface area contributed by atoms with Crippen molar-refractivity contribution in [3.8, 4) is 0 Å². The van der Waals surface area contributed by atoms with E-state index in [0.717, 1.165) is 5.69 Å². The first kappa shape index (κ1) is 12.8. The van der Waals surface area contributed by atoms with E-state index in [1.165, 1.54) is 36.0 Å². The zero-order valence-corrected chi connectivity index (χ0v) is 12.8. The maximum Gasteiger partial charge on any atom is 0.0632 e. The van der Waals surface area contributed by atoms with Crippen LogP contribution in [0.1, 0.15) is 49.9 Å². The van der Waals surface area contributed by atoms with Crippen molar-refractivity contribution in [3.05, 3.63) is 65.5 Å². The minimum absolute atomic E-state index is 0.225. The van der Waals surface area contributed by atoms with Crippen molar-refractivity contribution in [2.24, 2.45) is 5.41 Å². The highest BCUT2D eigenvalue weighted by Gasteiger charge is 2.57. The predicted molar refractivity (Wildman–Crippen MR) is 87.9 cm³/mol. The number of fused-ring (bicyclic) bond motifs is 1. The van der Waals surface area contributed by atoms with Gasteiger partial charge in [-0.05, 0) is 53.2 Å². The summed E-state index contributed by atoms with van der Waals surface area (Å²) < 4.78 is 0. The van der Waals surface area contributed by atoms with Crippen molar-refractivity contribution in [1.29, 1.82) is 0 Å². The lowest BCUT2D eigenvalue weighted by atomic mass is 9.53. The Labute approximate surface area is 126 Å². The van der Waals surface area contributed by atoms with Gasteiger partial charge in [-0.25, -0.2) is 0 Å². The van der Waals surface area contributed by atoms with Gasteiger partial charge in [0, 0.05) is 11.6 Å². The quantitative estimate of drug-likeness (QED) is 0.707. The number of nitrogens with zero attached hydrogens (tertiary/aromatic N) is 1. The summed E-state index contributed by atoms with van der Waals surface area (Å²) in [4.78, 5) is 4.51. The molecule has 1 heterocycles. The smallest absolute Gasteiger partial charge is 0.0632 e. The summed E-state index contributed by atoms with van der Waals surface area (Å²) in [5.74, 6) is 0. The molecule has 4 rings (SSSR count). The molecule has 1 saturated carbocycles. The van der Waals surface area contributed by atoms with Crippen molar-refractivity contribution in [2.75, 3.05) is 0 Å². The number of allylic oxidation sites excluding steroid dienone is 1. The van der Waals surface area contributed by atoms with Crippen LogP contribution in [0.5, 0.6) is 0 Å². The molecule has 0 radical (unpaired) electrons. The third-order valence-corrected chi connectivity index (χ3v) is 5.79. The Balaban J connectivity index is 1.95. The molecule has 1 aromatic heterocycles. The lowest BCUT2D eigenvalue weighted by Crippen LogP contribution is -2.42. The third-order valence-electron chi connectivity index (χ3n) is 5.79. The van der Waals surface area contributed by atoms with Crippen LogP contribution in [0.3, 0.4) is 0 Å². The van der Waals surface area contributed by atoms with Crippen LogP contribution in [0.15, 0.2) is 48.7 Å². The summed E-state index contributed by atoms with van der Waals surface area (Å²) in [6.07, 6.45) is 8.15. The van der Waals surface area contributed by atoms with E-state index in [0.29, 0.717) is 5.41 Å². The van der Waals surface area contributed by atoms with Gasteiger partial charge in [0.1, 0.15) is 0 Å². The maximum atomic E-state index is 4.51. The summed E-state index contributed by atoms with van der Waals surface area (Å²) in [5.41, 5.74) is 6.07. The minimum Gasteiger partial charge on any atom is -0.257 e. The molecular weight excluding hydrogens is 254 g/mol. The van der Waals surface area contributed by atoms with Crippen molar-refractivity contribution < 1.29 is 0 Å². The molecule has 106 valence electrons. The Morgan fingerprint density at radius 3 is 2.43 bits per heavy atom. The van der Waals surface area contributed by atoms with E-state index in [2.05, 4.69) is 61.3 Å². The van der Waals surface area contributed by atoms with Crippen LogP contribution in [-0.4, -0.2) is 4.98 Å². The number of rotatable bonds is 1. The standard InChI is InChI=1S/C20H21N/c1-19(2)17-10-4-3-9-16(17)18(20(19)11-7-12-20)14-15-8-5-6-13-21-15/h3-6,8-10,13-14H,7,11-12H2,1-2H3/b18-14-. The Morgan fingerprint density at radius 1 is 1.00 bits per heavy atom. The topological polar surface area (TPSA) is 12.9 Å². The lowest BCUT2D eigenvalue weighted by molar-refractivity contribution is 0.122. The molecule has 0 N–H and O–H groups in total. The molecule has 1 spiro atoms. The molecule has 0 aliphatic heterocycles. The second-order valence-corrected chi connectivity index (χ2v) is 6.92. The highest BCUT2D eigenvalue weighted by Crippen LogP contribution is 2.67. The normalized spacial score (nSPS) is 23.0. The van der Waals surface area contributed by atoms with Crippen LogP contribution >= 0.6 is 0 Å². The molecule has 2 aliphatic rings. The highest BCUT2D eigenvalue weighted by atomic mass is 14.7.